The smallest absolute Gasteiger partial charge is 0.247 e. The van der Waals surface area contributed by atoms with Gasteiger partial charge in [0.1, 0.15) is 0 Å². The molecule has 144 valence electrons. The van der Waals surface area contributed by atoms with E-state index in [1.807, 2.05) is 43.3 Å². The van der Waals surface area contributed by atoms with Crippen molar-refractivity contribution in [2.45, 2.75) is 31.6 Å². The summed E-state index contributed by atoms with van der Waals surface area (Å²) in [4.78, 5) is 12.6. The molecular weight excluding hydrogens is 360 g/mol. The molecule has 0 saturated heterocycles. The molecule has 0 fully saturated rings. The molecule has 5 nitrogen and oxygen atoms in total. The van der Waals surface area contributed by atoms with E-state index < -0.39 is 10.0 Å². The van der Waals surface area contributed by atoms with Crippen LogP contribution in [0.3, 0.4) is 0 Å². The predicted octanol–water partition coefficient (Wildman–Crippen LogP) is 3.14. The summed E-state index contributed by atoms with van der Waals surface area (Å²) in [5.74, 6) is -0.0762. The maximum atomic E-state index is 12.4. The molecule has 0 unspecified atom stereocenters. The van der Waals surface area contributed by atoms with Gasteiger partial charge >= 0.3 is 0 Å². The molecule has 0 radical (unpaired) electrons. The average Bonchev–Trinajstić information content (AvgIpc) is 2.67. The molecule has 0 atom stereocenters. The van der Waals surface area contributed by atoms with Gasteiger partial charge in [0.2, 0.25) is 15.9 Å². The van der Waals surface area contributed by atoms with Crippen molar-refractivity contribution in [2.75, 3.05) is 13.1 Å². The normalized spacial score (nSPS) is 12.0. The molecule has 2 aromatic carbocycles. The second kappa shape index (κ2) is 10.0. The van der Waals surface area contributed by atoms with Crippen molar-refractivity contribution >= 4 is 22.0 Å². The highest BCUT2D eigenvalue weighted by Crippen LogP contribution is 2.12. The molecule has 6 heteroatoms. The molecule has 2 rings (SSSR count). The van der Waals surface area contributed by atoms with Crippen LogP contribution in [0.1, 0.15) is 31.4 Å². The van der Waals surface area contributed by atoms with Gasteiger partial charge in [-0.1, -0.05) is 56.3 Å². The third-order valence-electron chi connectivity index (χ3n) is 4.08. The van der Waals surface area contributed by atoms with Crippen LogP contribution in [0.15, 0.2) is 65.1 Å². The summed E-state index contributed by atoms with van der Waals surface area (Å²) in [6.45, 7) is 4.54. The van der Waals surface area contributed by atoms with Gasteiger partial charge in [0.25, 0.3) is 0 Å². The van der Waals surface area contributed by atoms with E-state index in [0.29, 0.717) is 25.9 Å². The third-order valence-corrected chi connectivity index (χ3v) is 5.64. The minimum Gasteiger partial charge on any atom is -0.352 e. The summed E-state index contributed by atoms with van der Waals surface area (Å²) in [5, 5.41) is 2.93. The lowest BCUT2D eigenvalue weighted by molar-refractivity contribution is -0.117. The van der Waals surface area contributed by atoms with Crippen molar-refractivity contribution in [3.05, 3.63) is 71.3 Å². The second-order valence-corrected chi connectivity index (χ2v) is 7.85. The topological polar surface area (TPSA) is 75.3 Å². The van der Waals surface area contributed by atoms with Gasteiger partial charge in [-0.05, 0) is 42.2 Å². The first-order valence-corrected chi connectivity index (χ1v) is 10.6. The summed E-state index contributed by atoms with van der Waals surface area (Å²) < 4.78 is 26.3. The zero-order valence-corrected chi connectivity index (χ0v) is 16.6. The zero-order chi connectivity index (χ0) is 19.7. The minimum atomic E-state index is -3.43. The molecule has 27 heavy (non-hydrogen) atoms. The Labute approximate surface area is 161 Å². The predicted molar refractivity (Wildman–Crippen MR) is 109 cm³/mol. The lowest BCUT2D eigenvalue weighted by Gasteiger charge is -2.09. The van der Waals surface area contributed by atoms with Gasteiger partial charge in [-0.25, -0.2) is 13.1 Å². The number of benzene rings is 2. The Morgan fingerprint density at radius 3 is 2.26 bits per heavy atom. The van der Waals surface area contributed by atoms with Gasteiger partial charge in [0, 0.05) is 18.7 Å². The van der Waals surface area contributed by atoms with E-state index in [-0.39, 0.29) is 10.8 Å². The number of amides is 1. The van der Waals surface area contributed by atoms with Crippen molar-refractivity contribution in [3.8, 4) is 0 Å². The highest BCUT2D eigenvalue weighted by molar-refractivity contribution is 7.89. The van der Waals surface area contributed by atoms with Crippen LogP contribution in [0, 0.1) is 0 Å². The molecule has 0 spiro atoms. The van der Waals surface area contributed by atoms with Gasteiger partial charge in [0.05, 0.1) is 4.90 Å². The summed E-state index contributed by atoms with van der Waals surface area (Å²) in [6.07, 6.45) is 3.18. The molecule has 1 amide bonds. The van der Waals surface area contributed by atoms with Gasteiger partial charge in [-0.2, -0.15) is 0 Å². The number of carbonyl (C=O) groups excluding carboxylic acids is 1. The van der Waals surface area contributed by atoms with E-state index in [1.54, 1.807) is 31.2 Å². The summed E-state index contributed by atoms with van der Waals surface area (Å²) >= 11 is 0. The Kier molecular flexibility index (Phi) is 7.76. The largest absolute Gasteiger partial charge is 0.352 e. The van der Waals surface area contributed by atoms with Crippen molar-refractivity contribution in [1.82, 2.24) is 10.0 Å². The van der Waals surface area contributed by atoms with Gasteiger partial charge in [-0.3, -0.25) is 4.79 Å². The molecule has 0 saturated carbocycles. The highest BCUT2D eigenvalue weighted by Gasteiger charge is 2.12. The molecular formula is C21H26N2O3S. The summed E-state index contributed by atoms with van der Waals surface area (Å²) in [5.41, 5.74) is 2.70. The number of nitrogens with one attached hydrogen (secondary N) is 2. The lowest BCUT2D eigenvalue weighted by atomic mass is 10.1. The molecule has 0 aromatic heterocycles. The maximum absolute atomic E-state index is 12.4. The average molecular weight is 387 g/mol. The Bertz CT molecular complexity index is 873. The van der Waals surface area contributed by atoms with Crippen LogP contribution in [0.5, 0.6) is 0 Å². The molecule has 2 N–H and O–H groups in total. The van der Waals surface area contributed by atoms with Crippen molar-refractivity contribution < 1.29 is 13.2 Å². The van der Waals surface area contributed by atoms with E-state index in [4.69, 9.17) is 0 Å². The molecule has 0 bridgehead atoms. The third kappa shape index (κ3) is 6.34. The SMILES string of the molecule is CCNS(=O)(=O)c1ccc(CCNC(=O)/C(=C/c2ccccc2)CC)cc1. The fourth-order valence-corrected chi connectivity index (χ4v) is 3.66. The number of hydrogen-bond acceptors (Lipinski definition) is 3. The maximum Gasteiger partial charge on any atom is 0.247 e. The Morgan fingerprint density at radius 2 is 1.67 bits per heavy atom. The first-order valence-electron chi connectivity index (χ1n) is 9.08. The fraction of sp³-hybridized carbons (Fsp3) is 0.286. The number of rotatable bonds is 9. The van der Waals surface area contributed by atoms with Crippen LogP contribution in [0.4, 0.5) is 0 Å². The standard InChI is InChI=1S/C21H26N2O3S/c1-3-19(16-18-8-6-5-7-9-18)21(24)22-15-14-17-10-12-20(13-11-17)27(25,26)23-4-2/h5-13,16,23H,3-4,14-15H2,1-2H3,(H,22,24)/b19-16+. The molecule has 0 aliphatic carbocycles. The van der Waals surface area contributed by atoms with Crippen molar-refractivity contribution in [2.24, 2.45) is 0 Å². The van der Waals surface area contributed by atoms with Crippen LogP contribution in [0.2, 0.25) is 0 Å². The van der Waals surface area contributed by atoms with E-state index in [1.165, 1.54) is 0 Å². The van der Waals surface area contributed by atoms with Crippen molar-refractivity contribution in [3.63, 3.8) is 0 Å². The van der Waals surface area contributed by atoms with Crippen LogP contribution < -0.4 is 10.0 Å². The first kappa shape index (κ1) is 20.9. The quantitative estimate of drug-likeness (QED) is 0.650. The molecule has 0 heterocycles. The number of carbonyl (C=O) groups is 1. The summed E-state index contributed by atoms with van der Waals surface area (Å²) in [6, 6.07) is 16.5. The Hall–Kier alpha value is -2.44. The first-order chi connectivity index (χ1) is 13.0. The molecule has 2 aromatic rings. The van der Waals surface area contributed by atoms with Gasteiger partial charge in [0.15, 0.2) is 0 Å². The number of hydrogen-bond donors (Lipinski definition) is 2. The fourth-order valence-electron chi connectivity index (χ4n) is 2.62. The van der Waals surface area contributed by atoms with E-state index >= 15 is 0 Å². The van der Waals surface area contributed by atoms with Crippen LogP contribution in [-0.4, -0.2) is 27.4 Å². The van der Waals surface area contributed by atoms with Crippen molar-refractivity contribution in [1.29, 1.82) is 0 Å². The minimum absolute atomic E-state index is 0.0762. The Balaban J connectivity index is 1.91. The molecule has 0 aliphatic heterocycles. The zero-order valence-electron chi connectivity index (χ0n) is 15.7. The van der Waals surface area contributed by atoms with Crippen LogP contribution in [0.25, 0.3) is 6.08 Å². The van der Waals surface area contributed by atoms with Gasteiger partial charge in [-0.15, -0.1) is 0 Å². The monoisotopic (exact) mass is 386 g/mol. The lowest BCUT2D eigenvalue weighted by Crippen LogP contribution is -2.27. The van der Waals surface area contributed by atoms with E-state index in [2.05, 4.69) is 10.0 Å². The number of sulfonamides is 1. The van der Waals surface area contributed by atoms with E-state index in [0.717, 1.165) is 16.7 Å². The van der Waals surface area contributed by atoms with E-state index in [9.17, 15) is 13.2 Å². The van der Waals surface area contributed by atoms with Crippen LogP contribution in [-0.2, 0) is 21.2 Å². The van der Waals surface area contributed by atoms with Gasteiger partial charge < -0.3 is 5.32 Å². The molecule has 0 aliphatic rings. The highest BCUT2D eigenvalue weighted by atomic mass is 32.2. The second-order valence-electron chi connectivity index (χ2n) is 6.08. The Morgan fingerprint density at radius 1 is 1.00 bits per heavy atom. The van der Waals surface area contributed by atoms with Crippen LogP contribution >= 0.6 is 0 Å². The summed E-state index contributed by atoms with van der Waals surface area (Å²) in [7, 11) is -3.43.